The molecule has 28 heavy (non-hydrogen) atoms. The first-order chi connectivity index (χ1) is 13.4. The zero-order chi connectivity index (χ0) is 20.1. The minimum Gasteiger partial charge on any atom is -0.359 e. The van der Waals surface area contributed by atoms with Gasteiger partial charge in [0.1, 0.15) is 0 Å². The molecule has 1 saturated carbocycles. The van der Waals surface area contributed by atoms with Gasteiger partial charge in [-0.3, -0.25) is 15.6 Å². The molecular weight excluding hydrogens is 396 g/mol. The molecule has 9 heteroatoms. The third kappa shape index (κ3) is 4.98. The van der Waals surface area contributed by atoms with Gasteiger partial charge < -0.3 is 5.32 Å². The first kappa shape index (κ1) is 20.5. The van der Waals surface area contributed by atoms with Crippen molar-refractivity contribution in [3.63, 3.8) is 0 Å². The van der Waals surface area contributed by atoms with Gasteiger partial charge in [0.2, 0.25) is 10.0 Å². The predicted octanol–water partition coefficient (Wildman–Crippen LogP) is 1.90. The van der Waals surface area contributed by atoms with Crippen molar-refractivity contribution in [3.05, 3.63) is 42.5 Å². The molecular formula is C19H24N4O3S2. The fourth-order valence-electron chi connectivity index (χ4n) is 3.25. The van der Waals surface area contributed by atoms with E-state index in [1.807, 2.05) is 24.3 Å². The molecule has 0 aliphatic heterocycles. The summed E-state index contributed by atoms with van der Waals surface area (Å²) in [5.74, 6) is -0.498. The minimum absolute atomic E-state index is 0.146. The summed E-state index contributed by atoms with van der Waals surface area (Å²) in [5, 5.41) is 5.25. The SMILES string of the molecule is CN(CC(=O)NNC(=S)NC1CCCC1)S(=O)(=O)c1ccc2ccccc2c1. The molecule has 1 fully saturated rings. The van der Waals surface area contributed by atoms with E-state index in [-0.39, 0.29) is 11.4 Å². The zero-order valence-corrected chi connectivity index (χ0v) is 17.3. The molecule has 3 N–H and O–H groups in total. The van der Waals surface area contributed by atoms with Crippen molar-refractivity contribution in [3.8, 4) is 0 Å². The highest BCUT2D eigenvalue weighted by Crippen LogP contribution is 2.21. The number of rotatable bonds is 5. The fourth-order valence-corrected chi connectivity index (χ4v) is 4.63. The van der Waals surface area contributed by atoms with E-state index in [1.165, 1.54) is 19.9 Å². The van der Waals surface area contributed by atoms with Crippen LogP contribution >= 0.6 is 12.2 Å². The van der Waals surface area contributed by atoms with Crippen LogP contribution in [0, 0.1) is 0 Å². The number of hydrazine groups is 1. The molecule has 0 aromatic heterocycles. The Labute approximate surface area is 170 Å². The van der Waals surface area contributed by atoms with Crippen molar-refractivity contribution in [2.45, 2.75) is 36.6 Å². The standard InChI is InChI=1S/C19H24N4O3S2/c1-23(13-18(24)21-22-19(27)20-16-8-4-5-9-16)28(25,26)17-11-10-14-6-2-3-7-15(14)12-17/h2-3,6-7,10-12,16H,4-5,8-9,13H2,1H3,(H,21,24)(H2,20,22,27). The summed E-state index contributed by atoms with van der Waals surface area (Å²) >= 11 is 5.15. The average molecular weight is 421 g/mol. The number of nitrogens with zero attached hydrogens (tertiary/aromatic N) is 1. The topological polar surface area (TPSA) is 90.5 Å². The molecule has 2 aromatic rings. The maximum absolute atomic E-state index is 12.8. The van der Waals surface area contributed by atoms with Crippen molar-refractivity contribution in [1.29, 1.82) is 0 Å². The van der Waals surface area contributed by atoms with Gasteiger partial charge in [-0.15, -0.1) is 0 Å². The summed E-state index contributed by atoms with van der Waals surface area (Å²) in [7, 11) is -2.41. The first-order valence-corrected chi connectivity index (χ1v) is 11.0. The number of hydrogen-bond acceptors (Lipinski definition) is 4. The summed E-state index contributed by atoms with van der Waals surface area (Å²) < 4.78 is 26.5. The molecule has 1 aliphatic rings. The number of fused-ring (bicyclic) bond motifs is 1. The molecule has 0 saturated heterocycles. The number of carbonyl (C=O) groups excluding carboxylic acids is 1. The van der Waals surface area contributed by atoms with E-state index in [0.717, 1.165) is 27.9 Å². The van der Waals surface area contributed by atoms with Crippen molar-refractivity contribution < 1.29 is 13.2 Å². The van der Waals surface area contributed by atoms with E-state index in [1.54, 1.807) is 18.2 Å². The third-order valence-electron chi connectivity index (χ3n) is 4.80. The molecule has 1 amide bonds. The highest BCUT2D eigenvalue weighted by molar-refractivity contribution is 7.89. The highest BCUT2D eigenvalue weighted by Gasteiger charge is 2.23. The molecule has 0 heterocycles. The van der Waals surface area contributed by atoms with Crippen LogP contribution in [0.25, 0.3) is 10.8 Å². The molecule has 3 rings (SSSR count). The van der Waals surface area contributed by atoms with E-state index >= 15 is 0 Å². The number of likely N-dealkylation sites (N-methyl/N-ethyl adjacent to an activating group) is 1. The lowest BCUT2D eigenvalue weighted by Gasteiger charge is -2.19. The summed E-state index contributed by atoms with van der Waals surface area (Å²) in [6.45, 7) is -0.325. The van der Waals surface area contributed by atoms with E-state index in [2.05, 4.69) is 16.2 Å². The third-order valence-corrected chi connectivity index (χ3v) is 6.82. The van der Waals surface area contributed by atoms with E-state index in [9.17, 15) is 13.2 Å². The Kier molecular flexibility index (Phi) is 6.48. The number of hydrogen-bond donors (Lipinski definition) is 3. The number of nitrogens with one attached hydrogen (secondary N) is 3. The summed E-state index contributed by atoms with van der Waals surface area (Å²) in [6, 6.07) is 12.7. The van der Waals surface area contributed by atoms with Crippen LogP contribution in [0.15, 0.2) is 47.4 Å². The zero-order valence-electron chi connectivity index (χ0n) is 15.6. The summed E-state index contributed by atoms with van der Waals surface area (Å²) in [6.07, 6.45) is 4.46. The van der Waals surface area contributed by atoms with Crippen LogP contribution in [0.5, 0.6) is 0 Å². The van der Waals surface area contributed by atoms with Gasteiger partial charge in [0, 0.05) is 13.1 Å². The van der Waals surface area contributed by atoms with Crippen LogP contribution in [0.4, 0.5) is 0 Å². The number of amides is 1. The molecule has 2 aromatic carbocycles. The van der Waals surface area contributed by atoms with Crippen LogP contribution in [0.3, 0.4) is 0 Å². The Morgan fingerprint density at radius 2 is 1.79 bits per heavy atom. The number of benzene rings is 2. The molecule has 0 radical (unpaired) electrons. The summed E-state index contributed by atoms with van der Waals surface area (Å²) in [5.41, 5.74) is 5.07. The Bertz CT molecular complexity index is 972. The predicted molar refractivity (Wildman–Crippen MR) is 113 cm³/mol. The fraction of sp³-hybridized carbons (Fsp3) is 0.368. The van der Waals surface area contributed by atoms with E-state index in [4.69, 9.17) is 12.2 Å². The lowest BCUT2D eigenvalue weighted by molar-refractivity contribution is -0.121. The summed E-state index contributed by atoms with van der Waals surface area (Å²) in [4.78, 5) is 12.3. The Balaban J connectivity index is 1.56. The Morgan fingerprint density at radius 1 is 1.11 bits per heavy atom. The van der Waals surface area contributed by atoms with E-state index in [0.29, 0.717) is 11.2 Å². The van der Waals surface area contributed by atoms with Gasteiger partial charge >= 0.3 is 0 Å². The van der Waals surface area contributed by atoms with Crippen LogP contribution in [-0.4, -0.2) is 43.4 Å². The van der Waals surface area contributed by atoms with Crippen molar-refractivity contribution in [2.24, 2.45) is 0 Å². The number of thiocarbonyl (C=S) groups is 1. The smallest absolute Gasteiger partial charge is 0.253 e. The maximum Gasteiger partial charge on any atom is 0.253 e. The van der Waals surface area contributed by atoms with Crippen molar-refractivity contribution in [2.75, 3.05) is 13.6 Å². The molecule has 0 atom stereocenters. The number of carbonyl (C=O) groups is 1. The first-order valence-electron chi connectivity index (χ1n) is 9.17. The van der Waals surface area contributed by atoms with Gasteiger partial charge in [-0.2, -0.15) is 4.31 Å². The second kappa shape index (κ2) is 8.85. The van der Waals surface area contributed by atoms with Gasteiger partial charge in [-0.1, -0.05) is 43.2 Å². The molecule has 0 bridgehead atoms. The second-order valence-electron chi connectivity index (χ2n) is 6.90. The van der Waals surface area contributed by atoms with Crippen molar-refractivity contribution in [1.82, 2.24) is 20.5 Å². The van der Waals surface area contributed by atoms with Gasteiger partial charge in [-0.05, 0) is 48.0 Å². The Hall–Kier alpha value is -2.23. The van der Waals surface area contributed by atoms with Crippen LogP contribution in [0.1, 0.15) is 25.7 Å². The van der Waals surface area contributed by atoms with Gasteiger partial charge in [0.15, 0.2) is 5.11 Å². The molecule has 150 valence electrons. The molecule has 0 spiro atoms. The average Bonchev–Trinajstić information content (AvgIpc) is 3.18. The molecule has 7 nitrogen and oxygen atoms in total. The largest absolute Gasteiger partial charge is 0.359 e. The van der Waals surface area contributed by atoms with Gasteiger partial charge in [0.05, 0.1) is 11.4 Å². The van der Waals surface area contributed by atoms with Crippen LogP contribution in [0.2, 0.25) is 0 Å². The highest BCUT2D eigenvalue weighted by atomic mass is 32.2. The molecule has 1 aliphatic carbocycles. The monoisotopic (exact) mass is 420 g/mol. The second-order valence-corrected chi connectivity index (χ2v) is 9.35. The lowest BCUT2D eigenvalue weighted by Crippen LogP contribution is -2.51. The van der Waals surface area contributed by atoms with Crippen LogP contribution in [-0.2, 0) is 14.8 Å². The molecule has 0 unspecified atom stereocenters. The maximum atomic E-state index is 12.8. The van der Waals surface area contributed by atoms with Gasteiger partial charge in [-0.25, -0.2) is 8.42 Å². The lowest BCUT2D eigenvalue weighted by atomic mass is 10.1. The van der Waals surface area contributed by atoms with Crippen LogP contribution < -0.4 is 16.2 Å². The normalized spacial score (nSPS) is 14.9. The number of sulfonamides is 1. The van der Waals surface area contributed by atoms with Gasteiger partial charge in [0.25, 0.3) is 5.91 Å². The quantitative estimate of drug-likeness (QED) is 0.506. The minimum atomic E-state index is -3.79. The van der Waals surface area contributed by atoms with E-state index < -0.39 is 15.9 Å². The van der Waals surface area contributed by atoms with Crippen molar-refractivity contribution >= 4 is 44.0 Å². The Morgan fingerprint density at radius 3 is 2.50 bits per heavy atom.